The van der Waals surface area contributed by atoms with Crippen molar-refractivity contribution in [2.75, 3.05) is 5.32 Å². The van der Waals surface area contributed by atoms with Crippen LogP contribution in [0.5, 0.6) is 11.5 Å². The standard InChI is InChI=1S/C13H10F2N2O3/c14-13(15)20-9-5-3-8(4-6-9)12(19)17-11-10(18)2-1-7-16-11/h1-7,13,18H,(H,16,17,19). The van der Waals surface area contributed by atoms with Gasteiger partial charge in [0, 0.05) is 11.8 Å². The predicted molar refractivity (Wildman–Crippen MR) is 66.9 cm³/mol. The van der Waals surface area contributed by atoms with Crippen LogP contribution in [0.2, 0.25) is 0 Å². The summed E-state index contributed by atoms with van der Waals surface area (Å²) in [5.41, 5.74) is 0.219. The summed E-state index contributed by atoms with van der Waals surface area (Å²) in [6.07, 6.45) is 1.41. The quantitative estimate of drug-likeness (QED) is 0.903. The molecule has 0 aliphatic heterocycles. The molecule has 0 spiro atoms. The molecule has 1 aromatic heterocycles. The van der Waals surface area contributed by atoms with Crippen LogP contribution in [0.4, 0.5) is 14.6 Å². The molecule has 5 nitrogen and oxygen atoms in total. The summed E-state index contributed by atoms with van der Waals surface area (Å²) >= 11 is 0. The first-order valence-electron chi connectivity index (χ1n) is 5.56. The van der Waals surface area contributed by atoms with Gasteiger partial charge in [-0.05, 0) is 36.4 Å². The number of amides is 1. The number of nitrogens with zero attached hydrogens (tertiary/aromatic N) is 1. The van der Waals surface area contributed by atoms with Gasteiger partial charge in [0.1, 0.15) is 5.75 Å². The fourth-order valence-electron chi connectivity index (χ4n) is 1.46. The van der Waals surface area contributed by atoms with Gasteiger partial charge >= 0.3 is 6.61 Å². The third-order valence-electron chi connectivity index (χ3n) is 2.36. The molecular weight excluding hydrogens is 270 g/mol. The predicted octanol–water partition coefficient (Wildman–Crippen LogP) is 2.64. The number of benzene rings is 1. The molecule has 0 bridgehead atoms. The number of hydrogen-bond acceptors (Lipinski definition) is 4. The zero-order valence-electron chi connectivity index (χ0n) is 10.1. The topological polar surface area (TPSA) is 71.5 Å². The van der Waals surface area contributed by atoms with Crippen molar-refractivity contribution in [1.82, 2.24) is 4.98 Å². The van der Waals surface area contributed by atoms with E-state index in [0.717, 1.165) is 0 Å². The summed E-state index contributed by atoms with van der Waals surface area (Å²) in [7, 11) is 0. The molecule has 0 atom stereocenters. The lowest BCUT2D eigenvalue weighted by atomic mass is 10.2. The minimum Gasteiger partial charge on any atom is -0.504 e. The fourth-order valence-corrected chi connectivity index (χ4v) is 1.46. The molecule has 104 valence electrons. The highest BCUT2D eigenvalue weighted by atomic mass is 19.3. The van der Waals surface area contributed by atoms with Crippen LogP contribution in [0, 0.1) is 0 Å². The molecule has 0 saturated heterocycles. The molecule has 20 heavy (non-hydrogen) atoms. The Morgan fingerprint density at radius 1 is 1.25 bits per heavy atom. The Bertz CT molecular complexity index is 603. The molecule has 1 aromatic carbocycles. The monoisotopic (exact) mass is 280 g/mol. The Kier molecular flexibility index (Phi) is 4.09. The number of aromatic nitrogens is 1. The van der Waals surface area contributed by atoms with Crippen LogP contribution in [0.25, 0.3) is 0 Å². The summed E-state index contributed by atoms with van der Waals surface area (Å²) in [5.74, 6) is -0.719. The van der Waals surface area contributed by atoms with Crippen LogP contribution in [-0.2, 0) is 0 Å². The Hall–Kier alpha value is -2.70. The Balaban J connectivity index is 2.08. The number of carbonyl (C=O) groups excluding carboxylic acids is 1. The van der Waals surface area contributed by atoms with Crippen molar-refractivity contribution in [3.8, 4) is 11.5 Å². The van der Waals surface area contributed by atoms with Crippen molar-refractivity contribution in [3.63, 3.8) is 0 Å². The molecule has 1 amide bonds. The molecule has 2 N–H and O–H groups in total. The van der Waals surface area contributed by atoms with Gasteiger partial charge in [-0.25, -0.2) is 4.98 Å². The van der Waals surface area contributed by atoms with Gasteiger partial charge in [-0.15, -0.1) is 0 Å². The number of halogens is 2. The van der Waals surface area contributed by atoms with Crippen LogP contribution in [0.15, 0.2) is 42.6 Å². The second-order valence-corrected chi connectivity index (χ2v) is 3.73. The molecule has 0 unspecified atom stereocenters. The average Bonchev–Trinajstić information content (AvgIpc) is 2.41. The summed E-state index contributed by atoms with van der Waals surface area (Å²) in [6, 6.07) is 8.04. The Morgan fingerprint density at radius 3 is 2.55 bits per heavy atom. The van der Waals surface area contributed by atoms with E-state index in [2.05, 4.69) is 15.0 Å². The van der Waals surface area contributed by atoms with E-state index in [1.807, 2.05) is 0 Å². The Labute approximate surface area is 112 Å². The second kappa shape index (κ2) is 5.96. The van der Waals surface area contributed by atoms with E-state index in [0.29, 0.717) is 0 Å². The zero-order valence-corrected chi connectivity index (χ0v) is 10.1. The number of aromatic hydroxyl groups is 1. The van der Waals surface area contributed by atoms with Crippen LogP contribution >= 0.6 is 0 Å². The van der Waals surface area contributed by atoms with Crippen molar-refractivity contribution in [2.45, 2.75) is 6.61 Å². The third-order valence-corrected chi connectivity index (χ3v) is 2.36. The van der Waals surface area contributed by atoms with Crippen molar-refractivity contribution in [1.29, 1.82) is 0 Å². The number of rotatable bonds is 4. The van der Waals surface area contributed by atoms with Gasteiger partial charge in [0.2, 0.25) is 0 Å². The van der Waals surface area contributed by atoms with Gasteiger partial charge in [0.25, 0.3) is 5.91 Å². The van der Waals surface area contributed by atoms with Gasteiger partial charge in [0.15, 0.2) is 11.6 Å². The van der Waals surface area contributed by atoms with Crippen molar-refractivity contribution >= 4 is 11.7 Å². The lowest BCUT2D eigenvalue weighted by Crippen LogP contribution is -2.13. The van der Waals surface area contributed by atoms with E-state index >= 15 is 0 Å². The van der Waals surface area contributed by atoms with Gasteiger partial charge in [0.05, 0.1) is 0 Å². The van der Waals surface area contributed by atoms with Gasteiger partial charge in [-0.2, -0.15) is 8.78 Å². The van der Waals surface area contributed by atoms with Gasteiger partial charge < -0.3 is 15.2 Å². The SMILES string of the molecule is O=C(Nc1ncccc1O)c1ccc(OC(F)F)cc1. The minimum absolute atomic E-state index is 0.0189. The maximum absolute atomic E-state index is 12.0. The molecule has 7 heteroatoms. The van der Waals surface area contributed by atoms with E-state index in [1.54, 1.807) is 0 Å². The van der Waals surface area contributed by atoms with Crippen LogP contribution < -0.4 is 10.1 Å². The first-order valence-corrected chi connectivity index (χ1v) is 5.56. The van der Waals surface area contributed by atoms with E-state index in [1.165, 1.54) is 42.6 Å². The molecule has 0 aliphatic carbocycles. The highest BCUT2D eigenvalue weighted by Gasteiger charge is 2.10. The number of carbonyl (C=O) groups is 1. The van der Waals surface area contributed by atoms with Crippen LogP contribution in [-0.4, -0.2) is 22.6 Å². The van der Waals surface area contributed by atoms with Gasteiger partial charge in [-0.1, -0.05) is 0 Å². The second-order valence-electron chi connectivity index (χ2n) is 3.73. The number of anilines is 1. The summed E-state index contributed by atoms with van der Waals surface area (Å²) in [5, 5.41) is 11.9. The third kappa shape index (κ3) is 3.41. The zero-order chi connectivity index (χ0) is 14.5. The maximum Gasteiger partial charge on any atom is 0.387 e. The first-order chi connectivity index (χ1) is 9.56. The average molecular weight is 280 g/mol. The van der Waals surface area contributed by atoms with E-state index in [-0.39, 0.29) is 22.9 Å². The molecule has 2 aromatic rings. The first kappa shape index (κ1) is 13.7. The summed E-state index contributed by atoms with van der Waals surface area (Å²) in [6.45, 7) is -2.92. The molecule has 0 saturated carbocycles. The Morgan fingerprint density at radius 2 is 1.95 bits per heavy atom. The van der Waals surface area contributed by atoms with Crippen molar-refractivity contribution in [3.05, 3.63) is 48.2 Å². The normalized spacial score (nSPS) is 10.3. The smallest absolute Gasteiger partial charge is 0.387 e. The largest absolute Gasteiger partial charge is 0.504 e. The summed E-state index contributed by atoms with van der Waals surface area (Å²) < 4.78 is 28.1. The number of alkyl halides is 2. The van der Waals surface area contributed by atoms with Crippen molar-refractivity contribution in [2.24, 2.45) is 0 Å². The van der Waals surface area contributed by atoms with E-state index in [4.69, 9.17) is 0 Å². The fraction of sp³-hybridized carbons (Fsp3) is 0.0769. The van der Waals surface area contributed by atoms with Crippen molar-refractivity contribution < 1.29 is 23.4 Å². The maximum atomic E-state index is 12.0. The number of hydrogen-bond donors (Lipinski definition) is 2. The van der Waals surface area contributed by atoms with Gasteiger partial charge in [-0.3, -0.25) is 4.79 Å². The van der Waals surface area contributed by atoms with Crippen LogP contribution in [0.3, 0.4) is 0 Å². The number of ether oxygens (including phenoxy) is 1. The highest BCUT2D eigenvalue weighted by molar-refractivity contribution is 6.04. The van der Waals surface area contributed by atoms with Crippen LogP contribution in [0.1, 0.15) is 10.4 Å². The highest BCUT2D eigenvalue weighted by Crippen LogP contribution is 2.20. The molecular formula is C13H10F2N2O3. The molecule has 0 radical (unpaired) electrons. The minimum atomic E-state index is -2.92. The summed E-state index contributed by atoms with van der Waals surface area (Å²) in [4.78, 5) is 15.6. The lowest BCUT2D eigenvalue weighted by Gasteiger charge is -2.07. The number of pyridine rings is 1. The lowest BCUT2D eigenvalue weighted by molar-refractivity contribution is -0.0498. The van der Waals surface area contributed by atoms with E-state index < -0.39 is 12.5 Å². The molecule has 1 heterocycles. The number of nitrogens with one attached hydrogen (secondary N) is 1. The molecule has 0 fully saturated rings. The molecule has 2 rings (SSSR count). The molecule has 0 aliphatic rings. The van der Waals surface area contributed by atoms with E-state index in [9.17, 15) is 18.7 Å².